The zero-order valence-electron chi connectivity index (χ0n) is 10.2. The smallest absolute Gasteiger partial charge is 0.413 e. The Labute approximate surface area is 110 Å². The average molecular weight is 271 g/mol. The first-order chi connectivity index (χ1) is 8.52. The van der Waals surface area contributed by atoms with E-state index in [1.54, 1.807) is 19.1 Å². The number of alkyl carbamates (subject to hydrolysis) is 1. The third-order valence-electron chi connectivity index (χ3n) is 2.31. The SMILES string of the molecule is COC(=O)NC(=O)[C@@H](C)CNc1ccc(Cl)cc1. The van der Waals surface area contributed by atoms with Crippen molar-refractivity contribution in [1.82, 2.24) is 5.32 Å². The van der Waals surface area contributed by atoms with Crippen molar-refractivity contribution in [3.05, 3.63) is 29.3 Å². The van der Waals surface area contributed by atoms with Crippen molar-refractivity contribution in [3.63, 3.8) is 0 Å². The molecule has 0 radical (unpaired) electrons. The molecule has 0 aliphatic rings. The second-order valence-corrected chi connectivity index (χ2v) is 4.21. The van der Waals surface area contributed by atoms with Crippen molar-refractivity contribution in [2.75, 3.05) is 19.0 Å². The predicted molar refractivity (Wildman–Crippen MR) is 69.7 cm³/mol. The number of amides is 2. The molecule has 0 fully saturated rings. The highest BCUT2D eigenvalue weighted by atomic mass is 35.5. The molecule has 0 aliphatic heterocycles. The van der Waals surface area contributed by atoms with Crippen LogP contribution in [0.1, 0.15) is 6.92 Å². The molecule has 0 aromatic heterocycles. The van der Waals surface area contributed by atoms with E-state index in [1.165, 1.54) is 7.11 Å². The summed E-state index contributed by atoms with van der Waals surface area (Å²) in [6, 6.07) is 7.13. The number of hydrogen-bond acceptors (Lipinski definition) is 4. The summed E-state index contributed by atoms with van der Waals surface area (Å²) in [6.45, 7) is 2.12. The second-order valence-electron chi connectivity index (χ2n) is 3.77. The highest BCUT2D eigenvalue weighted by Gasteiger charge is 2.15. The van der Waals surface area contributed by atoms with Crippen LogP contribution in [0.2, 0.25) is 5.02 Å². The maximum Gasteiger partial charge on any atom is 0.413 e. The van der Waals surface area contributed by atoms with E-state index in [0.29, 0.717) is 11.6 Å². The Morgan fingerprint density at radius 2 is 1.94 bits per heavy atom. The van der Waals surface area contributed by atoms with Crippen LogP contribution in [0.4, 0.5) is 10.5 Å². The normalized spacial score (nSPS) is 11.5. The zero-order chi connectivity index (χ0) is 13.5. The Morgan fingerprint density at radius 1 is 1.33 bits per heavy atom. The quantitative estimate of drug-likeness (QED) is 0.881. The number of carbonyl (C=O) groups is 2. The van der Waals surface area contributed by atoms with Crippen molar-refractivity contribution >= 4 is 29.3 Å². The van der Waals surface area contributed by atoms with Gasteiger partial charge in [-0.3, -0.25) is 10.1 Å². The van der Waals surface area contributed by atoms with Gasteiger partial charge in [0, 0.05) is 17.3 Å². The van der Waals surface area contributed by atoms with Crippen LogP contribution in [0.25, 0.3) is 0 Å². The molecule has 0 unspecified atom stereocenters. The molecule has 1 rings (SSSR count). The third-order valence-corrected chi connectivity index (χ3v) is 2.57. The number of hydrogen-bond donors (Lipinski definition) is 2. The van der Waals surface area contributed by atoms with E-state index in [1.807, 2.05) is 12.1 Å². The number of rotatable bonds is 4. The van der Waals surface area contributed by atoms with Gasteiger partial charge in [-0.05, 0) is 24.3 Å². The molecule has 98 valence electrons. The number of anilines is 1. The molecule has 0 heterocycles. The minimum absolute atomic E-state index is 0.361. The van der Waals surface area contributed by atoms with Gasteiger partial charge in [0.05, 0.1) is 13.0 Å². The summed E-state index contributed by atoms with van der Waals surface area (Å²) < 4.78 is 4.34. The molecule has 0 bridgehead atoms. The van der Waals surface area contributed by atoms with E-state index in [-0.39, 0.29) is 11.8 Å². The summed E-state index contributed by atoms with van der Waals surface area (Å²) in [7, 11) is 1.21. The minimum Gasteiger partial charge on any atom is -0.453 e. The number of nitrogens with one attached hydrogen (secondary N) is 2. The molecule has 18 heavy (non-hydrogen) atoms. The highest BCUT2D eigenvalue weighted by Crippen LogP contribution is 2.13. The second kappa shape index (κ2) is 6.86. The summed E-state index contributed by atoms with van der Waals surface area (Å²) in [5.41, 5.74) is 0.858. The molecule has 0 saturated carbocycles. The van der Waals surface area contributed by atoms with Crippen molar-refractivity contribution in [3.8, 4) is 0 Å². The molecule has 1 aromatic carbocycles. The molecule has 5 nitrogen and oxygen atoms in total. The number of benzene rings is 1. The number of imide groups is 1. The predicted octanol–water partition coefficient (Wildman–Crippen LogP) is 2.27. The van der Waals surface area contributed by atoms with E-state index >= 15 is 0 Å². The number of ether oxygens (including phenoxy) is 1. The van der Waals surface area contributed by atoms with Crippen LogP contribution in [0.3, 0.4) is 0 Å². The van der Waals surface area contributed by atoms with Crippen LogP contribution in [0.5, 0.6) is 0 Å². The summed E-state index contributed by atoms with van der Waals surface area (Å²) in [4.78, 5) is 22.4. The van der Waals surface area contributed by atoms with Gasteiger partial charge in [0.15, 0.2) is 0 Å². The van der Waals surface area contributed by atoms with Gasteiger partial charge in [-0.25, -0.2) is 4.79 Å². The molecule has 1 atom stereocenters. The van der Waals surface area contributed by atoms with Crippen molar-refractivity contribution < 1.29 is 14.3 Å². The standard InChI is InChI=1S/C12H15ClN2O3/c1-8(11(16)15-12(17)18-2)7-14-10-5-3-9(13)4-6-10/h3-6,8,14H,7H2,1-2H3,(H,15,16,17)/t8-/m0/s1. The average Bonchev–Trinajstić information content (AvgIpc) is 2.37. The van der Waals surface area contributed by atoms with E-state index < -0.39 is 6.09 Å². The van der Waals surface area contributed by atoms with E-state index in [9.17, 15) is 9.59 Å². The van der Waals surface area contributed by atoms with Crippen LogP contribution < -0.4 is 10.6 Å². The lowest BCUT2D eigenvalue weighted by Crippen LogP contribution is -2.37. The first kappa shape index (κ1) is 14.3. The molecule has 1 aromatic rings. The summed E-state index contributed by atoms with van der Waals surface area (Å²) >= 11 is 5.75. The fourth-order valence-corrected chi connectivity index (χ4v) is 1.33. The van der Waals surface area contributed by atoms with E-state index in [4.69, 9.17) is 11.6 Å². The number of halogens is 1. The Balaban J connectivity index is 2.40. The fourth-order valence-electron chi connectivity index (χ4n) is 1.21. The van der Waals surface area contributed by atoms with Gasteiger partial charge < -0.3 is 10.1 Å². The van der Waals surface area contributed by atoms with Crippen LogP contribution in [0, 0.1) is 5.92 Å². The number of methoxy groups -OCH3 is 1. The van der Waals surface area contributed by atoms with Crippen LogP contribution in [-0.4, -0.2) is 25.7 Å². The molecule has 0 saturated heterocycles. The van der Waals surface area contributed by atoms with Crippen LogP contribution in [-0.2, 0) is 9.53 Å². The number of carbonyl (C=O) groups excluding carboxylic acids is 2. The molecule has 0 spiro atoms. The summed E-state index contributed by atoms with van der Waals surface area (Å²) in [6.07, 6.45) is -0.752. The molecular weight excluding hydrogens is 256 g/mol. The maximum absolute atomic E-state index is 11.5. The third kappa shape index (κ3) is 4.63. The van der Waals surface area contributed by atoms with Crippen LogP contribution in [0.15, 0.2) is 24.3 Å². The van der Waals surface area contributed by atoms with Gasteiger partial charge >= 0.3 is 6.09 Å². The molecule has 2 amide bonds. The zero-order valence-corrected chi connectivity index (χ0v) is 11.0. The van der Waals surface area contributed by atoms with Crippen molar-refractivity contribution in [2.24, 2.45) is 5.92 Å². The Bertz CT molecular complexity index is 420. The van der Waals surface area contributed by atoms with Gasteiger partial charge in [0.1, 0.15) is 0 Å². The fraction of sp³-hybridized carbons (Fsp3) is 0.333. The van der Waals surface area contributed by atoms with E-state index in [2.05, 4.69) is 15.4 Å². The maximum atomic E-state index is 11.5. The Kier molecular flexibility index (Phi) is 5.45. The first-order valence-electron chi connectivity index (χ1n) is 5.41. The lowest BCUT2D eigenvalue weighted by molar-refractivity contribution is -0.123. The minimum atomic E-state index is -0.752. The Morgan fingerprint density at radius 3 is 2.50 bits per heavy atom. The van der Waals surface area contributed by atoms with E-state index in [0.717, 1.165) is 5.69 Å². The molecule has 6 heteroatoms. The highest BCUT2D eigenvalue weighted by molar-refractivity contribution is 6.30. The first-order valence-corrected chi connectivity index (χ1v) is 5.79. The van der Waals surface area contributed by atoms with Crippen molar-refractivity contribution in [1.29, 1.82) is 0 Å². The van der Waals surface area contributed by atoms with Gasteiger partial charge in [-0.15, -0.1) is 0 Å². The lowest BCUT2D eigenvalue weighted by Gasteiger charge is -2.12. The van der Waals surface area contributed by atoms with Crippen LogP contribution >= 0.6 is 11.6 Å². The van der Waals surface area contributed by atoms with Gasteiger partial charge in [-0.2, -0.15) is 0 Å². The van der Waals surface area contributed by atoms with Crippen molar-refractivity contribution in [2.45, 2.75) is 6.92 Å². The Hall–Kier alpha value is -1.75. The monoisotopic (exact) mass is 270 g/mol. The molecule has 2 N–H and O–H groups in total. The van der Waals surface area contributed by atoms with Gasteiger partial charge in [0.2, 0.25) is 5.91 Å². The molecule has 0 aliphatic carbocycles. The largest absolute Gasteiger partial charge is 0.453 e. The van der Waals surface area contributed by atoms with Gasteiger partial charge in [0.25, 0.3) is 0 Å². The molecular formula is C12H15ClN2O3. The summed E-state index contributed by atoms with van der Waals surface area (Å²) in [5, 5.41) is 5.84. The lowest BCUT2D eigenvalue weighted by atomic mass is 10.1. The topological polar surface area (TPSA) is 67.4 Å². The van der Waals surface area contributed by atoms with Gasteiger partial charge in [-0.1, -0.05) is 18.5 Å². The summed E-state index contributed by atoms with van der Waals surface area (Å²) in [5.74, 6) is -0.747.